The molecule has 4 heteroatoms. The summed E-state index contributed by atoms with van der Waals surface area (Å²) in [7, 11) is 0. The van der Waals surface area contributed by atoms with E-state index in [1.54, 1.807) is 12.1 Å². The van der Waals surface area contributed by atoms with Crippen LogP contribution in [0.15, 0.2) is 18.2 Å². The van der Waals surface area contributed by atoms with Gasteiger partial charge in [-0.1, -0.05) is 6.92 Å². The lowest BCUT2D eigenvalue weighted by Crippen LogP contribution is -2.15. The molecule has 0 amide bonds. The highest BCUT2D eigenvalue weighted by Crippen LogP contribution is 2.29. The molecule has 1 saturated carbocycles. The van der Waals surface area contributed by atoms with Gasteiger partial charge in [-0.2, -0.15) is 0 Å². The molecule has 17 heavy (non-hydrogen) atoms. The molecular formula is C13H18N2O2. The van der Waals surface area contributed by atoms with E-state index in [1.165, 1.54) is 6.42 Å². The van der Waals surface area contributed by atoms with E-state index in [4.69, 9.17) is 0 Å². The van der Waals surface area contributed by atoms with Crippen molar-refractivity contribution in [1.82, 2.24) is 0 Å². The largest absolute Gasteiger partial charge is 0.382 e. The maximum absolute atomic E-state index is 10.8. The molecule has 0 saturated heterocycles. The molecule has 0 spiro atoms. The molecule has 1 fully saturated rings. The summed E-state index contributed by atoms with van der Waals surface area (Å²) in [6.45, 7) is 4.13. The maximum Gasteiger partial charge on any atom is 0.271 e. The molecule has 92 valence electrons. The fourth-order valence-electron chi connectivity index (χ4n) is 2.53. The summed E-state index contributed by atoms with van der Waals surface area (Å²) >= 11 is 0. The van der Waals surface area contributed by atoms with Gasteiger partial charge in [0.1, 0.15) is 0 Å². The smallest absolute Gasteiger partial charge is 0.271 e. The molecule has 1 aromatic carbocycles. The van der Waals surface area contributed by atoms with Crippen LogP contribution in [0.5, 0.6) is 0 Å². The van der Waals surface area contributed by atoms with Gasteiger partial charge in [-0.3, -0.25) is 10.1 Å². The summed E-state index contributed by atoms with van der Waals surface area (Å²) < 4.78 is 0. The van der Waals surface area contributed by atoms with Gasteiger partial charge in [0.15, 0.2) is 0 Å². The number of non-ortho nitro benzene ring substituents is 1. The molecule has 0 bridgehead atoms. The number of rotatable bonds is 3. The Bertz CT molecular complexity index is 431. The van der Waals surface area contributed by atoms with Crippen LogP contribution in [-0.2, 0) is 0 Å². The van der Waals surface area contributed by atoms with Gasteiger partial charge in [-0.25, -0.2) is 0 Å². The average molecular weight is 234 g/mol. The summed E-state index contributed by atoms with van der Waals surface area (Å²) in [6, 6.07) is 5.65. The second kappa shape index (κ2) is 4.73. The van der Waals surface area contributed by atoms with Crippen molar-refractivity contribution in [2.45, 2.75) is 39.2 Å². The van der Waals surface area contributed by atoms with E-state index in [0.29, 0.717) is 6.04 Å². The molecule has 0 radical (unpaired) electrons. The summed E-state index contributed by atoms with van der Waals surface area (Å²) in [5.41, 5.74) is 1.96. The van der Waals surface area contributed by atoms with Crippen molar-refractivity contribution in [3.8, 4) is 0 Å². The fraction of sp³-hybridized carbons (Fsp3) is 0.538. The van der Waals surface area contributed by atoms with Crippen molar-refractivity contribution in [3.63, 3.8) is 0 Å². The molecule has 2 atom stereocenters. The lowest BCUT2D eigenvalue weighted by atomic mass is 10.1. The Morgan fingerprint density at radius 2 is 2.12 bits per heavy atom. The number of hydrogen-bond acceptors (Lipinski definition) is 3. The highest BCUT2D eigenvalue weighted by molar-refractivity contribution is 5.54. The third kappa shape index (κ3) is 2.96. The molecule has 1 aliphatic carbocycles. The van der Waals surface area contributed by atoms with Crippen LogP contribution in [0.2, 0.25) is 0 Å². The number of benzene rings is 1. The Morgan fingerprint density at radius 3 is 2.71 bits per heavy atom. The van der Waals surface area contributed by atoms with Gasteiger partial charge in [0, 0.05) is 23.9 Å². The number of hydrogen-bond donors (Lipinski definition) is 1. The molecule has 4 nitrogen and oxygen atoms in total. The lowest BCUT2D eigenvalue weighted by molar-refractivity contribution is -0.384. The van der Waals surface area contributed by atoms with Crippen LogP contribution in [-0.4, -0.2) is 11.0 Å². The number of nitrogens with zero attached hydrogens (tertiary/aromatic N) is 1. The average Bonchev–Trinajstić information content (AvgIpc) is 2.63. The maximum atomic E-state index is 10.8. The van der Waals surface area contributed by atoms with Gasteiger partial charge in [0.05, 0.1) is 4.92 Å². The van der Waals surface area contributed by atoms with Crippen molar-refractivity contribution >= 4 is 11.4 Å². The summed E-state index contributed by atoms with van der Waals surface area (Å²) in [4.78, 5) is 10.4. The van der Waals surface area contributed by atoms with E-state index < -0.39 is 0 Å². The number of anilines is 1. The first-order valence-electron chi connectivity index (χ1n) is 6.07. The Kier molecular flexibility index (Phi) is 3.31. The molecule has 1 aromatic rings. The summed E-state index contributed by atoms with van der Waals surface area (Å²) in [5.74, 6) is 0.757. The first-order chi connectivity index (χ1) is 8.04. The summed E-state index contributed by atoms with van der Waals surface area (Å²) in [5, 5.41) is 14.2. The Balaban J connectivity index is 2.12. The monoisotopic (exact) mass is 234 g/mol. The number of aryl methyl sites for hydroxylation is 1. The van der Waals surface area contributed by atoms with E-state index in [1.807, 2.05) is 13.0 Å². The van der Waals surface area contributed by atoms with Crippen LogP contribution in [0.25, 0.3) is 0 Å². The van der Waals surface area contributed by atoms with Crippen molar-refractivity contribution in [3.05, 3.63) is 33.9 Å². The van der Waals surface area contributed by atoms with Gasteiger partial charge in [-0.15, -0.1) is 0 Å². The Morgan fingerprint density at radius 1 is 1.35 bits per heavy atom. The predicted octanol–water partition coefficient (Wildman–Crippen LogP) is 3.50. The van der Waals surface area contributed by atoms with Gasteiger partial charge < -0.3 is 5.32 Å². The topological polar surface area (TPSA) is 55.2 Å². The first-order valence-corrected chi connectivity index (χ1v) is 6.07. The van der Waals surface area contributed by atoms with E-state index in [2.05, 4.69) is 12.2 Å². The molecule has 1 aliphatic rings. The second-order valence-electron chi connectivity index (χ2n) is 5.07. The molecule has 2 rings (SSSR count). The normalized spacial score (nSPS) is 23.6. The number of nitro groups is 1. The highest BCUT2D eigenvalue weighted by Gasteiger charge is 2.21. The first kappa shape index (κ1) is 11.9. The molecule has 0 aromatic heterocycles. The predicted molar refractivity (Wildman–Crippen MR) is 68.3 cm³/mol. The molecular weight excluding hydrogens is 216 g/mol. The van der Waals surface area contributed by atoms with E-state index >= 15 is 0 Å². The lowest BCUT2D eigenvalue weighted by Gasteiger charge is -2.14. The van der Waals surface area contributed by atoms with Crippen LogP contribution in [0.1, 0.15) is 31.7 Å². The fourth-order valence-corrected chi connectivity index (χ4v) is 2.53. The van der Waals surface area contributed by atoms with Gasteiger partial charge in [0.25, 0.3) is 5.69 Å². The molecule has 2 unspecified atom stereocenters. The van der Waals surface area contributed by atoms with Gasteiger partial charge >= 0.3 is 0 Å². The van der Waals surface area contributed by atoms with Crippen LogP contribution < -0.4 is 5.32 Å². The van der Waals surface area contributed by atoms with E-state index in [0.717, 1.165) is 30.0 Å². The van der Waals surface area contributed by atoms with Crippen LogP contribution in [0.4, 0.5) is 11.4 Å². The van der Waals surface area contributed by atoms with Crippen LogP contribution >= 0.6 is 0 Å². The van der Waals surface area contributed by atoms with Crippen molar-refractivity contribution in [1.29, 1.82) is 0 Å². The van der Waals surface area contributed by atoms with Crippen LogP contribution in [0.3, 0.4) is 0 Å². The van der Waals surface area contributed by atoms with Gasteiger partial charge in [0.2, 0.25) is 0 Å². The SMILES string of the molecule is Cc1cc(NC2CCC(C)C2)cc([N+](=O)[O-])c1. The van der Waals surface area contributed by atoms with Gasteiger partial charge in [-0.05, 0) is 43.7 Å². The zero-order valence-corrected chi connectivity index (χ0v) is 10.3. The second-order valence-corrected chi connectivity index (χ2v) is 5.07. The number of nitro benzene ring substituents is 1. The summed E-state index contributed by atoms with van der Waals surface area (Å²) in [6.07, 6.45) is 3.55. The third-order valence-corrected chi connectivity index (χ3v) is 3.34. The zero-order chi connectivity index (χ0) is 12.4. The molecule has 0 aliphatic heterocycles. The highest BCUT2D eigenvalue weighted by atomic mass is 16.6. The minimum Gasteiger partial charge on any atom is -0.382 e. The van der Waals surface area contributed by atoms with Crippen LogP contribution in [0, 0.1) is 23.0 Å². The van der Waals surface area contributed by atoms with Crippen molar-refractivity contribution in [2.24, 2.45) is 5.92 Å². The minimum atomic E-state index is -0.338. The van der Waals surface area contributed by atoms with E-state index in [-0.39, 0.29) is 10.6 Å². The standard InChI is InChI=1S/C13H18N2O2/c1-9-3-4-11(5-9)14-12-6-10(2)7-13(8-12)15(16)17/h6-9,11,14H,3-5H2,1-2H3. The Labute approximate surface area is 101 Å². The quantitative estimate of drug-likeness (QED) is 0.643. The minimum absolute atomic E-state index is 0.165. The zero-order valence-electron chi connectivity index (χ0n) is 10.3. The molecule has 0 heterocycles. The number of nitrogens with one attached hydrogen (secondary N) is 1. The third-order valence-electron chi connectivity index (χ3n) is 3.34. The molecule has 1 N–H and O–H groups in total. The van der Waals surface area contributed by atoms with Crippen molar-refractivity contribution < 1.29 is 4.92 Å². The van der Waals surface area contributed by atoms with E-state index in [9.17, 15) is 10.1 Å². The Hall–Kier alpha value is -1.58. The van der Waals surface area contributed by atoms with Crippen molar-refractivity contribution in [2.75, 3.05) is 5.32 Å².